The van der Waals surface area contributed by atoms with E-state index in [9.17, 15) is 0 Å². The van der Waals surface area contributed by atoms with Gasteiger partial charge in [-0.2, -0.15) is 11.8 Å². The predicted molar refractivity (Wildman–Crippen MR) is 78.1 cm³/mol. The van der Waals surface area contributed by atoms with Gasteiger partial charge in [0.25, 0.3) is 0 Å². The molecule has 1 aromatic rings. The fourth-order valence-electron chi connectivity index (χ4n) is 2.25. The van der Waals surface area contributed by atoms with E-state index in [0.717, 1.165) is 17.2 Å². The van der Waals surface area contributed by atoms with Gasteiger partial charge in [-0.15, -0.1) is 0 Å². The number of ether oxygens (including phenoxy) is 2. The Bertz CT molecular complexity index is 397. The molecular formula is C14H21NO2S. The molecule has 0 saturated carbocycles. The van der Waals surface area contributed by atoms with Gasteiger partial charge in [-0.1, -0.05) is 6.92 Å². The molecule has 1 aliphatic rings. The van der Waals surface area contributed by atoms with Gasteiger partial charge in [-0.3, -0.25) is 0 Å². The first kappa shape index (κ1) is 13.4. The quantitative estimate of drug-likeness (QED) is 0.905. The minimum Gasteiger partial charge on any atom is -0.493 e. The molecule has 0 spiro atoms. The molecule has 0 bridgehead atoms. The molecule has 0 radical (unpaired) electrons. The van der Waals surface area contributed by atoms with Crippen molar-refractivity contribution in [3.05, 3.63) is 18.2 Å². The summed E-state index contributed by atoms with van der Waals surface area (Å²) in [5.41, 5.74) is 1.10. The van der Waals surface area contributed by atoms with Crippen molar-refractivity contribution < 1.29 is 9.47 Å². The van der Waals surface area contributed by atoms with Crippen molar-refractivity contribution in [2.45, 2.75) is 31.1 Å². The zero-order valence-corrected chi connectivity index (χ0v) is 12.0. The van der Waals surface area contributed by atoms with E-state index in [4.69, 9.17) is 9.47 Å². The van der Waals surface area contributed by atoms with Gasteiger partial charge >= 0.3 is 0 Å². The van der Waals surface area contributed by atoms with E-state index in [1.165, 1.54) is 18.6 Å². The zero-order chi connectivity index (χ0) is 13.0. The van der Waals surface area contributed by atoms with Crippen molar-refractivity contribution in [1.29, 1.82) is 0 Å². The average Bonchev–Trinajstić information content (AvgIpc) is 2.41. The van der Waals surface area contributed by atoms with E-state index < -0.39 is 0 Å². The fourth-order valence-corrected chi connectivity index (χ4v) is 3.39. The van der Waals surface area contributed by atoms with E-state index in [2.05, 4.69) is 12.2 Å². The van der Waals surface area contributed by atoms with Gasteiger partial charge in [0.05, 0.1) is 14.2 Å². The Labute approximate surface area is 113 Å². The second-order valence-electron chi connectivity index (χ2n) is 4.54. The van der Waals surface area contributed by atoms with Crippen LogP contribution in [0.15, 0.2) is 18.2 Å². The number of hydrogen-bond donors (Lipinski definition) is 1. The first-order valence-electron chi connectivity index (χ1n) is 6.34. The summed E-state index contributed by atoms with van der Waals surface area (Å²) in [5.74, 6) is 2.83. The van der Waals surface area contributed by atoms with E-state index in [-0.39, 0.29) is 0 Å². The van der Waals surface area contributed by atoms with Crippen LogP contribution in [0.2, 0.25) is 0 Å². The van der Waals surface area contributed by atoms with Crippen LogP contribution < -0.4 is 14.8 Å². The summed E-state index contributed by atoms with van der Waals surface area (Å²) in [6, 6.07) is 6.54. The summed E-state index contributed by atoms with van der Waals surface area (Å²) in [7, 11) is 3.32. The molecule has 1 saturated heterocycles. The van der Waals surface area contributed by atoms with Crippen LogP contribution in [-0.4, -0.2) is 31.3 Å². The number of thioether (sulfide) groups is 1. The Kier molecular flexibility index (Phi) is 4.64. The number of benzene rings is 1. The summed E-state index contributed by atoms with van der Waals surface area (Å²) >= 11 is 2.04. The Morgan fingerprint density at radius 2 is 2.00 bits per heavy atom. The number of rotatable bonds is 4. The van der Waals surface area contributed by atoms with Crippen molar-refractivity contribution in [1.82, 2.24) is 0 Å². The average molecular weight is 267 g/mol. The minimum atomic E-state index is 0.543. The minimum absolute atomic E-state index is 0.543. The summed E-state index contributed by atoms with van der Waals surface area (Å²) in [6.07, 6.45) is 2.53. The van der Waals surface area contributed by atoms with Gasteiger partial charge in [0, 0.05) is 23.0 Å². The van der Waals surface area contributed by atoms with Gasteiger partial charge in [-0.05, 0) is 30.7 Å². The maximum Gasteiger partial charge on any atom is 0.162 e. The number of hydrogen-bond acceptors (Lipinski definition) is 4. The van der Waals surface area contributed by atoms with E-state index in [1.807, 2.05) is 30.0 Å². The Hall–Kier alpha value is -1.03. The van der Waals surface area contributed by atoms with Crippen molar-refractivity contribution in [2.24, 2.45) is 0 Å². The first-order valence-corrected chi connectivity index (χ1v) is 7.39. The molecule has 1 fully saturated rings. The second-order valence-corrected chi connectivity index (χ2v) is 6.02. The molecule has 1 aromatic carbocycles. The molecule has 0 aromatic heterocycles. The molecule has 0 amide bonds. The van der Waals surface area contributed by atoms with Crippen LogP contribution >= 0.6 is 11.8 Å². The van der Waals surface area contributed by atoms with Gasteiger partial charge in [0.2, 0.25) is 0 Å². The Morgan fingerprint density at radius 1 is 1.22 bits per heavy atom. The number of methoxy groups -OCH3 is 2. The summed E-state index contributed by atoms with van der Waals surface area (Å²) in [5, 5.41) is 4.26. The SMILES string of the molecule is COc1ccc(NC2CCCSC2C)cc1OC. The molecule has 2 atom stereocenters. The highest BCUT2D eigenvalue weighted by atomic mass is 32.2. The van der Waals surface area contributed by atoms with Crippen LogP contribution in [0.1, 0.15) is 19.8 Å². The van der Waals surface area contributed by atoms with Crippen LogP contribution in [0, 0.1) is 0 Å². The topological polar surface area (TPSA) is 30.5 Å². The molecule has 1 heterocycles. The van der Waals surface area contributed by atoms with Gasteiger partial charge in [-0.25, -0.2) is 0 Å². The molecule has 3 nitrogen and oxygen atoms in total. The third kappa shape index (κ3) is 3.05. The lowest BCUT2D eigenvalue weighted by molar-refractivity contribution is 0.355. The Morgan fingerprint density at radius 3 is 2.67 bits per heavy atom. The lowest BCUT2D eigenvalue weighted by atomic mass is 10.1. The zero-order valence-electron chi connectivity index (χ0n) is 11.2. The highest BCUT2D eigenvalue weighted by molar-refractivity contribution is 8.00. The highest BCUT2D eigenvalue weighted by Crippen LogP contribution is 2.32. The molecular weight excluding hydrogens is 246 g/mol. The second kappa shape index (κ2) is 6.23. The summed E-state index contributed by atoms with van der Waals surface area (Å²) in [4.78, 5) is 0. The van der Waals surface area contributed by atoms with Crippen molar-refractivity contribution in [3.63, 3.8) is 0 Å². The summed E-state index contributed by atoms with van der Waals surface area (Å²) in [6.45, 7) is 2.29. The third-order valence-electron chi connectivity index (χ3n) is 3.34. The first-order chi connectivity index (χ1) is 8.74. The predicted octanol–water partition coefficient (Wildman–Crippen LogP) is 3.40. The molecule has 4 heteroatoms. The Balaban J connectivity index is 2.08. The molecule has 100 valence electrons. The van der Waals surface area contributed by atoms with E-state index in [1.54, 1.807) is 14.2 Å². The van der Waals surface area contributed by atoms with Gasteiger partial charge in [0.1, 0.15) is 0 Å². The third-order valence-corrected chi connectivity index (χ3v) is 4.72. The van der Waals surface area contributed by atoms with Gasteiger partial charge < -0.3 is 14.8 Å². The maximum atomic E-state index is 5.32. The molecule has 2 unspecified atom stereocenters. The number of anilines is 1. The van der Waals surface area contributed by atoms with Crippen molar-refractivity contribution in [3.8, 4) is 11.5 Å². The van der Waals surface area contributed by atoms with Crippen LogP contribution in [-0.2, 0) is 0 Å². The normalized spacial score (nSPS) is 23.5. The molecule has 0 aliphatic carbocycles. The van der Waals surface area contributed by atoms with Crippen LogP contribution in [0.4, 0.5) is 5.69 Å². The molecule has 1 aliphatic heterocycles. The largest absolute Gasteiger partial charge is 0.493 e. The van der Waals surface area contributed by atoms with Crippen LogP contribution in [0.25, 0.3) is 0 Å². The highest BCUT2D eigenvalue weighted by Gasteiger charge is 2.21. The fraction of sp³-hybridized carbons (Fsp3) is 0.571. The van der Waals surface area contributed by atoms with Crippen molar-refractivity contribution >= 4 is 17.4 Å². The summed E-state index contributed by atoms with van der Waals surface area (Å²) < 4.78 is 10.6. The number of nitrogens with one attached hydrogen (secondary N) is 1. The lowest BCUT2D eigenvalue weighted by Crippen LogP contribution is -2.32. The molecule has 2 rings (SSSR count). The lowest BCUT2D eigenvalue weighted by Gasteiger charge is -2.30. The smallest absolute Gasteiger partial charge is 0.162 e. The van der Waals surface area contributed by atoms with Gasteiger partial charge in [0.15, 0.2) is 11.5 Å². The monoisotopic (exact) mass is 267 g/mol. The van der Waals surface area contributed by atoms with E-state index in [0.29, 0.717) is 11.3 Å². The standard InChI is InChI=1S/C14H21NO2S/c1-10-12(5-4-8-18-10)15-11-6-7-13(16-2)14(9-11)17-3/h6-7,9-10,12,15H,4-5,8H2,1-3H3. The van der Waals surface area contributed by atoms with Crippen LogP contribution in [0.3, 0.4) is 0 Å². The molecule has 1 N–H and O–H groups in total. The van der Waals surface area contributed by atoms with E-state index >= 15 is 0 Å². The maximum absolute atomic E-state index is 5.32. The van der Waals surface area contributed by atoms with Crippen molar-refractivity contribution in [2.75, 3.05) is 25.3 Å². The van der Waals surface area contributed by atoms with Crippen LogP contribution in [0.5, 0.6) is 11.5 Å². The molecule has 18 heavy (non-hydrogen) atoms.